The molecule has 130 valence electrons. The van der Waals surface area contributed by atoms with Gasteiger partial charge in [-0.05, 0) is 31.4 Å². The fourth-order valence-corrected chi connectivity index (χ4v) is 2.51. The summed E-state index contributed by atoms with van der Waals surface area (Å²) in [5, 5.41) is 4.15. The predicted molar refractivity (Wildman–Crippen MR) is 99.1 cm³/mol. The lowest BCUT2D eigenvalue weighted by atomic mass is 10.2. The predicted octanol–water partition coefficient (Wildman–Crippen LogP) is 2.68. The summed E-state index contributed by atoms with van der Waals surface area (Å²) >= 11 is 1.72. The van der Waals surface area contributed by atoms with E-state index in [0.29, 0.717) is 18.9 Å². The average Bonchev–Trinajstić information content (AvgIpc) is 2.60. The van der Waals surface area contributed by atoms with Crippen molar-refractivity contribution in [3.8, 4) is 5.88 Å². The minimum absolute atomic E-state index is 0.518. The molecular weight excluding hydrogens is 324 g/mol. The Kier molecular flexibility index (Phi) is 8.67. The summed E-state index contributed by atoms with van der Waals surface area (Å²) in [5.74, 6) is 5.42. The summed E-state index contributed by atoms with van der Waals surface area (Å²) in [7, 11) is 3.39. The Hall–Kier alpha value is -2.25. The largest absolute Gasteiger partial charge is 0.473 e. The van der Waals surface area contributed by atoms with E-state index in [1.54, 1.807) is 11.8 Å². The van der Waals surface area contributed by atoms with E-state index in [2.05, 4.69) is 28.7 Å². The van der Waals surface area contributed by atoms with Gasteiger partial charge in [0.05, 0.1) is 0 Å². The van der Waals surface area contributed by atoms with Crippen molar-refractivity contribution in [2.45, 2.75) is 18.4 Å². The topological polar surface area (TPSA) is 80.5 Å². The minimum Gasteiger partial charge on any atom is -0.473 e. The van der Waals surface area contributed by atoms with Crippen LogP contribution in [0.4, 0.5) is 5.69 Å². The van der Waals surface area contributed by atoms with Crippen LogP contribution in [0.3, 0.4) is 0 Å². The average molecular weight is 348 g/mol. The molecule has 7 heteroatoms. The summed E-state index contributed by atoms with van der Waals surface area (Å²) in [6.45, 7) is 2.48. The monoisotopic (exact) mass is 348 g/mol. The van der Waals surface area contributed by atoms with E-state index < -0.39 is 0 Å². The van der Waals surface area contributed by atoms with E-state index in [0.717, 1.165) is 16.4 Å². The van der Waals surface area contributed by atoms with E-state index >= 15 is 0 Å². The van der Waals surface area contributed by atoms with E-state index in [9.17, 15) is 4.79 Å². The Morgan fingerprint density at radius 1 is 1.33 bits per heavy atom. The minimum atomic E-state index is 0.518. The van der Waals surface area contributed by atoms with Crippen molar-refractivity contribution in [1.29, 1.82) is 0 Å². The van der Waals surface area contributed by atoms with E-state index in [1.807, 2.05) is 38.2 Å². The third-order valence-corrected chi connectivity index (χ3v) is 3.84. The van der Waals surface area contributed by atoms with Crippen LogP contribution in [-0.4, -0.2) is 36.8 Å². The Balaban J connectivity index is 0.000000505. The molecule has 24 heavy (non-hydrogen) atoms. The van der Waals surface area contributed by atoms with Gasteiger partial charge in [-0.25, -0.2) is 10.8 Å². The number of nitrogens with two attached hydrogens (primary N) is 1. The number of amides is 1. The highest BCUT2D eigenvalue weighted by Crippen LogP contribution is 2.28. The van der Waals surface area contributed by atoms with Gasteiger partial charge >= 0.3 is 0 Å². The lowest BCUT2D eigenvalue weighted by Gasteiger charge is -2.14. The second-order valence-corrected chi connectivity index (χ2v) is 5.76. The van der Waals surface area contributed by atoms with Crippen molar-refractivity contribution < 1.29 is 9.53 Å². The lowest BCUT2D eigenvalue weighted by molar-refractivity contribution is -0.117. The molecule has 2 rings (SSSR count). The maximum atomic E-state index is 9.31. The number of nitrogens with zero attached hydrogens (tertiary/aromatic N) is 2. The molecule has 1 aromatic heterocycles. The van der Waals surface area contributed by atoms with Crippen LogP contribution in [0.15, 0.2) is 41.3 Å². The molecule has 0 spiro atoms. The van der Waals surface area contributed by atoms with Gasteiger partial charge in [-0.15, -0.1) is 11.8 Å². The van der Waals surface area contributed by atoms with Crippen molar-refractivity contribution in [1.82, 2.24) is 9.99 Å². The molecule has 0 bridgehead atoms. The molecule has 0 saturated carbocycles. The standard InChI is InChI=1S/C15H18N2OS.C2H6N2O/c1-11-6-4-9-15(17-11)18-10-12-13(16-2)7-5-8-14(12)19-3;1-4(3)2-5/h4-9,16H,10H2,1-3H3;2H,3H2,1H3. The normalized spacial score (nSPS) is 9.54. The number of ether oxygens (including phenoxy) is 1. The third-order valence-electron chi connectivity index (χ3n) is 3.02. The summed E-state index contributed by atoms with van der Waals surface area (Å²) < 4.78 is 5.79. The van der Waals surface area contributed by atoms with Crippen LogP contribution in [-0.2, 0) is 11.4 Å². The zero-order chi connectivity index (χ0) is 17.9. The molecule has 0 unspecified atom stereocenters. The Morgan fingerprint density at radius 2 is 2.00 bits per heavy atom. The van der Waals surface area contributed by atoms with Gasteiger partial charge in [0.15, 0.2) is 0 Å². The second-order valence-electron chi connectivity index (χ2n) is 4.91. The highest BCUT2D eigenvalue weighted by molar-refractivity contribution is 7.98. The van der Waals surface area contributed by atoms with Gasteiger partial charge in [0.1, 0.15) is 6.61 Å². The summed E-state index contributed by atoms with van der Waals surface area (Å²) in [5.41, 5.74) is 3.23. The van der Waals surface area contributed by atoms with Gasteiger partial charge in [-0.1, -0.05) is 12.1 Å². The maximum absolute atomic E-state index is 9.31. The van der Waals surface area contributed by atoms with Gasteiger partial charge in [0.25, 0.3) is 0 Å². The van der Waals surface area contributed by atoms with E-state index in [1.165, 1.54) is 17.5 Å². The van der Waals surface area contributed by atoms with Crippen LogP contribution in [0.2, 0.25) is 0 Å². The number of carbonyl (C=O) groups is 1. The highest BCUT2D eigenvalue weighted by Gasteiger charge is 2.08. The van der Waals surface area contributed by atoms with Crippen LogP contribution in [0.5, 0.6) is 5.88 Å². The van der Waals surface area contributed by atoms with Crippen LogP contribution < -0.4 is 15.9 Å². The number of hydrogen-bond acceptors (Lipinski definition) is 6. The molecular formula is C17H24N4O2S. The number of carbonyl (C=O) groups excluding carboxylic acids is 1. The highest BCUT2D eigenvalue weighted by atomic mass is 32.2. The molecule has 0 aliphatic rings. The van der Waals surface area contributed by atoms with Crippen molar-refractivity contribution in [2.24, 2.45) is 5.84 Å². The van der Waals surface area contributed by atoms with Gasteiger partial charge in [0.2, 0.25) is 12.3 Å². The zero-order valence-electron chi connectivity index (χ0n) is 14.4. The fourth-order valence-electron chi connectivity index (χ4n) is 1.88. The first kappa shape index (κ1) is 19.8. The molecule has 0 fully saturated rings. The Bertz CT molecular complexity index is 628. The van der Waals surface area contributed by atoms with Crippen LogP contribution >= 0.6 is 11.8 Å². The second kappa shape index (κ2) is 10.5. The van der Waals surface area contributed by atoms with Gasteiger partial charge in [-0.2, -0.15) is 0 Å². The Labute approximate surface area is 147 Å². The number of benzene rings is 1. The summed E-state index contributed by atoms with van der Waals surface area (Å²) in [6, 6.07) is 12.0. The van der Waals surface area contributed by atoms with Crippen LogP contribution in [0.1, 0.15) is 11.3 Å². The van der Waals surface area contributed by atoms with Crippen molar-refractivity contribution >= 4 is 23.9 Å². The van der Waals surface area contributed by atoms with Crippen molar-refractivity contribution in [2.75, 3.05) is 25.7 Å². The first-order valence-corrected chi connectivity index (χ1v) is 8.57. The molecule has 1 heterocycles. The SMILES string of the molecule is CN(N)C=O.CNc1cccc(SC)c1COc1cccc(C)n1. The number of thioether (sulfide) groups is 1. The quantitative estimate of drug-likeness (QED) is 0.275. The first-order valence-electron chi connectivity index (χ1n) is 7.34. The number of rotatable bonds is 6. The molecule has 1 aromatic carbocycles. The van der Waals surface area contributed by atoms with Crippen LogP contribution in [0.25, 0.3) is 0 Å². The number of hydrazine groups is 1. The van der Waals surface area contributed by atoms with Crippen LogP contribution in [0, 0.1) is 6.92 Å². The van der Waals surface area contributed by atoms with E-state index in [-0.39, 0.29) is 0 Å². The molecule has 3 N–H and O–H groups in total. The summed E-state index contributed by atoms with van der Waals surface area (Å²) in [6.07, 6.45) is 2.60. The zero-order valence-corrected chi connectivity index (χ0v) is 15.3. The molecule has 0 radical (unpaired) electrons. The number of nitrogens with one attached hydrogen (secondary N) is 1. The van der Waals surface area contributed by atoms with Gasteiger partial charge < -0.3 is 10.1 Å². The number of aryl methyl sites for hydroxylation is 1. The number of aromatic nitrogens is 1. The maximum Gasteiger partial charge on any atom is 0.223 e. The number of anilines is 1. The van der Waals surface area contributed by atoms with Gasteiger partial charge in [-0.3, -0.25) is 9.80 Å². The van der Waals surface area contributed by atoms with Crippen molar-refractivity contribution in [3.05, 3.63) is 47.7 Å². The Morgan fingerprint density at radius 3 is 2.54 bits per heavy atom. The molecule has 0 saturated heterocycles. The number of pyridine rings is 1. The number of hydrogen-bond donors (Lipinski definition) is 2. The third kappa shape index (κ3) is 6.47. The lowest BCUT2D eigenvalue weighted by Crippen LogP contribution is -2.23. The summed E-state index contributed by atoms with van der Waals surface area (Å²) in [4.78, 5) is 14.9. The van der Waals surface area contributed by atoms with Gasteiger partial charge in [0, 0.05) is 42.0 Å². The molecule has 6 nitrogen and oxygen atoms in total. The molecule has 0 aliphatic carbocycles. The molecule has 1 amide bonds. The van der Waals surface area contributed by atoms with E-state index in [4.69, 9.17) is 10.6 Å². The fraction of sp³-hybridized carbons (Fsp3) is 0.294. The first-order chi connectivity index (χ1) is 11.5. The molecule has 2 aromatic rings. The molecule has 0 atom stereocenters. The molecule has 0 aliphatic heterocycles. The van der Waals surface area contributed by atoms with Crippen molar-refractivity contribution in [3.63, 3.8) is 0 Å². The smallest absolute Gasteiger partial charge is 0.223 e.